The van der Waals surface area contributed by atoms with Crippen molar-refractivity contribution in [1.29, 1.82) is 0 Å². The summed E-state index contributed by atoms with van der Waals surface area (Å²) in [6.45, 7) is 3.21. The van der Waals surface area contributed by atoms with Gasteiger partial charge in [0.05, 0.1) is 11.7 Å². The number of carbonyl (C=O) groups is 1. The third-order valence-corrected chi connectivity index (χ3v) is 4.01. The van der Waals surface area contributed by atoms with Crippen LogP contribution in [0.15, 0.2) is 30.5 Å². The van der Waals surface area contributed by atoms with E-state index in [0.29, 0.717) is 12.3 Å². The summed E-state index contributed by atoms with van der Waals surface area (Å²) in [5.74, 6) is 0.567. The first-order valence-corrected chi connectivity index (χ1v) is 7.50. The summed E-state index contributed by atoms with van der Waals surface area (Å²) in [5, 5.41) is 8.34. The largest absolute Gasteiger partial charge is 0.459 e. The lowest BCUT2D eigenvalue weighted by molar-refractivity contribution is 0.0471. The van der Waals surface area contributed by atoms with Crippen molar-refractivity contribution in [3.63, 3.8) is 0 Å². The summed E-state index contributed by atoms with van der Waals surface area (Å²) >= 11 is 0. The van der Waals surface area contributed by atoms with E-state index < -0.39 is 0 Å². The van der Waals surface area contributed by atoms with Crippen LogP contribution < -0.4 is 4.90 Å². The molecule has 0 bridgehead atoms. The van der Waals surface area contributed by atoms with Gasteiger partial charge < -0.3 is 14.2 Å². The molecule has 0 amide bonds. The topological polar surface area (TPSA) is 60.2 Å². The Morgan fingerprint density at radius 2 is 2.23 bits per heavy atom. The minimum Gasteiger partial charge on any atom is -0.459 e. The van der Waals surface area contributed by atoms with E-state index in [-0.39, 0.29) is 12.0 Å². The SMILES string of the molecule is Cc1ccc(N2CCC[C@H]2COC(=O)c2cccn2C)nn1. The summed E-state index contributed by atoms with van der Waals surface area (Å²) in [5.41, 5.74) is 1.47. The summed E-state index contributed by atoms with van der Waals surface area (Å²) in [4.78, 5) is 14.3. The van der Waals surface area contributed by atoms with Gasteiger partial charge in [0, 0.05) is 19.8 Å². The Morgan fingerprint density at radius 1 is 1.36 bits per heavy atom. The number of ether oxygens (including phenoxy) is 1. The van der Waals surface area contributed by atoms with E-state index in [1.54, 1.807) is 10.6 Å². The van der Waals surface area contributed by atoms with Crippen LogP contribution in [0.2, 0.25) is 0 Å². The van der Waals surface area contributed by atoms with E-state index >= 15 is 0 Å². The van der Waals surface area contributed by atoms with Crippen molar-refractivity contribution in [2.45, 2.75) is 25.8 Å². The molecule has 2 aromatic heterocycles. The van der Waals surface area contributed by atoms with Gasteiger partial charge in [0.15, 0.2) is 5.82 Å². The maximum absolute atomic E-state index is 12.1. The third kappa shape index (κ3) is 2.95. The van der Waals surface area contributed by atoms with Gasteiger partial charge in [0.2, 0.25) is 0 Å². The zero-order valence-corrected chi connectivity index (χ0v) is 12.9. The molecular formula is C16H20N4O2. The molecule has 1 aliphatic rings. The Bertz CT molecular complexity index is 650. The number of nitrogens with zero attached hydrogens (tertiary/aromatic N) is 4. The minimum atomic E-state index is -0.283. The number of aromatic nitrogens is 3. The molecule has 116 valence electrons. The lowest BCUT2D eigenvalue weighted by Gasteiger charge is -2.24. The van der Waals surface area contributed by atoms with E-state index in [1.807, 2.05) is 38.4 Å². The number of hydrogen-bond donors (Lipinski definition) is 0. The van der Waals surface area contributed by atoms with Gasteiger partial charge in [-0.3, -0.25) is 0 Å². The Hall–Kier alpha value is -2.37. The van der Waals surface area contributed by atoms with Crippen LogP contribution in [0.25, 0.3) is 0 Å². The second kappa shape index (κ2) is 6.17. The predicted molar refractivity (Wildman–Crippen MR) is 82.8 cm³/mol. The molecule has 0 saturated carbocycles. The van der Waals surface area contributed by atoms with Gasteiger partial charge in [-0.1, -0.05) is 0 Å². The zero-order chi connectivity index (χ0) is 15.5. The van der Waals surface area contributed by atoms with Crippen LogP contribution in [0.5, 0.6) is 0 Å². The zero-order valence-electron chi connectivity index (χ0n) is 12.9. The lowest BCUT2D eigenvalue weighted by atomic mass is 10.2. The maximum Gasteiger partial charge on any atom is 0.355 e. The van der Waals surface area contributed by atoms with E-state index in [2.05, 4.69) is 15.1 Å². The molecular weight excluding hydrogens is 280 g/mol. The molecule has 1 aliphatic heterocycles. The summed E-state index contributed by atoms with van der Waals surface area (Å²) in [6, 6.07) is 7.69. The van der Waals surface area contributed by atoms with Crippen LogP contribution in [-0.4, -0.2) is 39.9 Å². The monoisotopic (exact) mass is 300 g/mol. The minimum absolute atomic E-state index is 0.168. The highest BCUT2D eigenvalue weighted by molar-refractivity contribution is 5.87. The Morgan fingerprint density at radius 3 is 2.91 bits per heavy atom. The molecule has 0 unspecified atom stereocenters. The van der Waals surface area contributed by atoms with Crippen LogP contribution in [-0.2, 0) is 11.8 Å². The first-order valence-electron chi connectivity index (χ1n) is 7.50. The van der Waals surface area contributed by atoms with Crippen LogP contribution >= 0.6 is 0 Å². The molecule has 6 nitrogen and oxygen atoms in total. The molecule has 1 atom stereocenters. The number of hydrogen-bond acceptors (Lipinski definition) is 5. The highest BCUT2D eigenvalue weighted by atomic mass is 16.5. The second-order valence-electron chi connectivity index (χ2n) is 5.63. The number of carbonyl (C=O) groups excluding carboxylic acids is 1. The predicted octanol–water partition coefficient (Wildman–Crippen LogP) is 1.95. The van der Waals surface area contributed by atoms with Gasteiger partial charge in [-0.2, -0.15) is 5.10 Å². The first kappa shape index (κ1) is 14.6. The van der Waals surface area contributed by atoms with Gasteiger partial charge in [0.25, 0.3) is 0 Å². The first-order chi connectivity index (χ1) is 10.6. The van der Waals surface area contributed by atoms with Crippen molar-refractivity contribution in [1.82, 2.24) is 14.8 Å². The van der Waals surface area contributed by atoms with Gasteiger partial charge in [-0.15, -0.1) is 5.10 Å². The number of esters is 1. The fraction of sp³-hybridized carbons (Fsp3) is 0.438. The summed E-state index contributed by atoms with van der Waals surface area (Å²) in [7, 11) is 1.83. The average molecular weight is 300 g/mol. The van der Waals surface area contributed by atoms with Gasteiger partial charge >= 0.3 is 5.97 Å². The average Bonchev–Trinajstić information content (AvgIpc) is 3.14. The molecule has 2 aromatic rings. The van der Waals surface area contributed by atoms with Crippen molar-refractivity contribution in [2.24, 2.45) is 7.05 Å². The highest BCUT2D eigenvalue weighted by Gasteiger charge is 2.27. The van der Waals surface area contributed by atoms with Crippen molar-refractivity contribution in [3.8, 4) is 0 Å². The van der Waals surface area contributed by atoms with Crippen molar-refractivity contribution < 1.29 is 9.53 Å². The molecule has 0 aromatic carbocycles. The van der Waals surface area contributed by atoms with Gasteiger partial charge in [-0.05, 0) is 44.0 Å². The Labute approximate surface area is 129 Å². The molecule has 1 saturated heterocycles. The van der Waals surface area contributed by atoms with E-state index in [0.717, 1.165) is 30.9 Å². The molecule has 0 spiro atoms. The van der Waals surface area contributed by atoms with Gasteiger partial charge in [0.1, 0.15) is 12.3 Å². The fourth-order valence-electron chi connectivity index (χ4n) is 2.77. The van der Waals surface area contributed by atoms with Crippen molar-refractivity contribution >= 4 is 11.8 Å². The van der Waals surface area contributed by atoms with Crippen molar-refractivity contribution in [3.05, 3.63) is 41.9 Å². The second-order valence-corrected chi connectivity index (χ2v) is 5.63. The van der Waals surface area contributed by atoms with Crippen LogP contribution in [0.3, 0.4) is 0 Å². The molecule has 0 aliphatic carbocycles. The number of rotatable bonds is 4. The molecule has 3 rings (SSSR count). The molecule has 22 heavy (non-hydrogen) atoms. The van der Waals surface area contributed by atoms with Crippen molar-refractivity contribution in [2.75, 3.05) is 18.1 Å². The molecule has 0 N–H and O–H groups in total. The highest BCUT2D eigenvalue weighted by Crippen LogP contribution is 2.23. The normalized spacial score (nSPS) is 17.7. The molecule has 0 radical (unpaired) electrons. The lowest BCUT2D eigenvalue weighted by Crippen LogP contribution is -2.34. The van der Waals surface area contributed by atoms with E-state index in [1.165, 1.54) is 0 Å². The smallest absolute Gasteiger partial charge is 0.355 e. The molecule has 1 fully saturated rings. The quantitative estimate of drug-likeness (QED) is 0.808. The van der Waals surface area contributed by atoms with Crippen LogP contribution in [0, 0.1) is 6.92 Å². The molecule has 3 heterocycles. The Kier molecular flexibility index (Phi) is 4.09. The fourth-order valence-corrected chi connectivity index (χ4v) is 2.77. The Balaban J connectivity index is 1.63. The van der Waals surface area contributed by atoms with E-state index in [9.17, 15) is 4.79 Å². The number of aryl methyl sites for hydroxylation is 2. The maximum atomic E-state index is 12.1. The molecule has 6 heteroatoms. The van der Waals surface area contributed by atoms with Gasteiger partial charge in [-0.25, -0.2) is 4.79 Å². The summed E-state index contributed by atoms with van der Waals surface area (Å²) < 4.78 is 7.24. The third-order valence-electron chi connectivity index (χ3n) is 4.01. The number of anilines is 1. The standard InChI is InChI=1S/C16H20N4O2/c1-12-7-8-15(18-17-12)20-10-3-5-13(20)11-22-16(21)14-6-4-9-19(14)2/h4,6-9,13H,3,5,10-11H2,1-2H3/t13-/m0/s1. The van der Waals surface area contributed by atoms with E-state index in [4.69, 9.17) is 4.74 Å². The summed E-state index contributed by atoms with van der Waals surface area (Å²) in [6.07, 6.45) is 3.90. The van der Waals surface area contributed by atoms with Crippen LogP contribution in [0.1, 0.15) is 29.0 Å². The van der Waals surface area contributed by atoms with Crippen LogP contribution in [0.4, 0.5) is 5.82 Å².